The minimum Gasteiger partial charge on any atom is -0.391 e. The van der Waals surface area contributed by atoms with Crippen molar-refractivity contribution < 1.29 is 4.74 Å². The largest absolute Gasteiger partial charge is 0.391 e. The van der Waals surface area contributed by atoms with Crippen LogP contribution < -0.4 is 5.73 Å². The highest BCUT2D eigenvalue weighted by Crippen LogP contribution is 2.29. The summed E-state index contributed by atoms with van der Waals surface area (Å²) in [6.07, 6.45) is 7.55. The van der Waals surface area contributed by atoms with E-state index in [0.29, 0.717) is 11.1 Å². The predicted molar refractivity (Wildman–Crippen MR) is 68.0 cm³/mol. The molecule has 3 atom stereocenters. The minimum atomic E-state index is -0.0133. The van der Waals surface area contributed by atoms with E-state index in [9.17, 15) is 0 Å². The van der Waals surface area contributed by atoms with Crippen molar-refractivity contribution in [1.82, 2.24) is 0 Å². The fourth-order valence-corrected chi connectivity index (χ4v) is 2.56. The van der Waals surface area contributed by atoms with Crippen molar-refractivity contribution in [3.05, 3.63) is 0 Å². The van der Waals surface area contributed by atoms with E-state index in [0.717, 1.165) is 12.3 Å². The van der Waals surface area contributed by atoms with Gasteiger partial charge in [0.05, 0.1) is 6.10 Å². The lowest BCUT2D eigenvalue weighted by atomic mass is 9.85. The Labute approximate surface area is 98.6 Å². The van der Waals surface area contributed by atoms with Crippen molar-refractivity contribution in [2.45, 2.75) is 64.6 Å². The van der Waals surface area contributed by atoms with E-state index in [4.69, 9.17) is 22.7 Å². The molecule has 1 aliphatic carbocycles. The average Bonchev–Trinajstić information content (AvgIpc) is 2.25. The molecule has 2 N–H and O–H groups in total. The third kappa shape index (κ3) is 4.07. The molecule has 0 radical (unpaired) electrons. The molecule has 0 aromatic rings. The molecular formula is C12H23NOS. The quantitative estimate of drug-likeness (QED) is 0.736. The second-order valence-electron chi connectivity index (χ2n) is 4.50. The fraction of sp³-hybridized carbons (Fsp3) is 0.917. The van der Waals surface area contributed by atoms with Crippen LogP contribution in [0.3, 0.4) is 0 Å². The highest BCUT2D eigenvalue weighted by molar-refractivity contribution is 7.80. The third-order valence-corrected chi connectivity index (χ3v) is 3.62. The standard InChI is InChI=1S/C12H23NOS/c1-3-9-6-5-7-10(8-9)14-11(4-2)12(13)15/h9-11H,3-8H2,1-2H3,(H2,13,15). The molecule has 1 saturated carbocycles. The van der Waals surface area contributed by atoms with Gasteiger partial charge in [0.2, 0.25) is 0 Å². The molecule has 1 fully saturated rings. The van der Waals surface area contributed by atoms with Gasteiger partial charge in [-0.3, -0.25) is 0 Å². The fourth-order valence-electron chi connectivity index (χ4n) is 2.33. The van der Waals surface area contributed by atoms with Gasteiger partial charge in [0.1, 0.15) is 11.1 Å². The Bertz CT molecular complexity index is 208. The molecule has 3 heteroatoms. The van der Waals surface area contributed by atoms with Crippen molar-refractivity contribution >= 4 is 17.2 Å². The molecule has 0 aromatic heterocycles. The van der Waals surface area contributed by atoms with Gasteiger partial charge in [-0.1, -0.05) is 45.3 Å². The van der Waals surface area contributed by atoms with Crippen LogP contribution in [0.5, 0.6) is 0 Å². The second-order valence-corrected chi connectivity index (χ2v) is 4.97. The average molecular weight is 229 g/mol. The Hall–Kier alpha value is -0.150. The van der Waals surface area contributed by atoms with E-state index < -0.39 is 0 Å². The Morgan fingerprint density at radius 3 is 2.73 bits per heavy atom. The van der Waals surface area contributed by atoms with Crippen molar-refractivity contribution in [2.24, 2.45) is 11.7 Å². The summed E-state index contributed by atoms with van der Waals surface area (Å²) in [5.41, 5.74) is 5.64. The van der Waals surface area contributed by atoms with Crippen molar-refractivity contribution in [3.8, 4) is 0 Å². The normalized spacial score (nSPS) is 28.7. The molecule has 88 valence electrons. The first kappa shape index (κ1) is 12.9. The van der Waals surface area contributed by atoms with E-state index in [1.807, 2.05) is 0 Å². The molecule has 0 spiro atoms. The van der Waals surface area contributed by atoms with Crippen molar-refractivity contribution in [1.29, 1.82) is 0 Å². The summed E-state index contributed by atoms with van der Waals surface area (Å²) in [7, 11) is 0. The van der Waals surface area contributed by atoms with Gasteiger partial charge < -0.3 is 10.5 Å². The first-order chi connectivity index (χ1) is 7.17. The summed E-state index contributed by atoms with van der Waals surface area (Å²) < 4.78 is 5.97. The summed E-state index contributed by atoms with van der Waals surface area (Å²) in [6, 6.07) is 0. The van der Waals surface area contributed by atoms with E-state index in [2.05, 4.69) is 13.8 Å². The van der Waals surface area contributed by atoms with E-state index in [-0.39, 0.29) is 6.10 Å². The summed E-state index contributed by atoms with van der Waals surface area (Å²) in [5.74, 6) is 0.840. The zero-order chi connectivity index (χ0) is 11.3. The lowest BCUT2D eigenvalue weighted by Crippen LogP contribution is -2.34. The third-order valence-electron chi connectivity index (χ3n) is 3.36. The maximum atomic E-state index is 5.97. The van der Waals surface area contributed by atoms with Crippen LogP contribution in [-0.4, -0.2) is 17.2 Å². The predicted octanol–water partition coefficient (Wildman–Crippen LogP) is 3.04. The lowest BCUT2D eigenvalue weighted by molar-refractivity contribution is -0.0122. The van der Waals surface area contributed by atoms with Gasteiger partial charge in [-0.15, -0.1) is 0 Å². The Balaban J connectivity index is 2.39. The van der Waals surface area contributed by atoms with E-state index in [1.165, 1.54) is 32.1 Å². The van der Waals surface area contributed by atoms with Crippen LogP contribution >= 0.6 is 12.2 Å². The highest BCUT2D eigenvalue weighted by Gasteiger charge is 2.24. The van der Waals surface area contributed by atoms with Crippen LogP contribution in [0.1, 0.15) is 52.4 Å². The molecule has 0 amide bonds. The van der Waals surface area contributed by atoms with Crippen LogP contribution in [-0.2, 0) is 4.74 Å². The number of hydrogen-bond acceptors (Lipinski definition) is 2. The van der Waals surface area contributed by atoms with Gasteiger partial charge in [0.15, 0.2) is 0 Å². The van der Waals surface area contributed by atoms with E-state index >= 15 is 0 Å². The number of ether oxygens (including phenoxy) is 1. The van der Waals surface area contributed by atoms with Crippen molar-refractivity contribution in [3.63, 3.8) is 0 Å². The number of rotatable bonds is 5. The number of hydrogen-bond donors (Lipinski definition) is 1. The molecule has 1 aliphatic rings. The Morgan fingerprint density at radius 1 is 1.47 bits per heavy atom. The maximum absolute atomic E-state index is 5.97. The molecule has 0 saturated heterocycles. The van der Waals surface area contributed by atoms with Crippen LogP contribution in [0, 0.1) is 5.92 Å². The Morgan fingerprint density at radius 2 is 2.20 bits per heavy atom. The summed E-state index contributed by atoms with van der Waals surface area (Å²) >= 11 is 5.00. The molecule has 0 heterocycles. The minimum absolute atomic E-state index is 0.0133. The first-order valence-corrected chi connectivity index (χ1v) is 6.52. The SMILES string of the molecule is CCC1CCCC(OC(CC)C(N)=S)C1. The van der Waals surface area contributed by atoms with Gasteiger partial charge in [0, 0.05) is 0 Å². The highest BCUT2D eigenvalue weighted by atomic mass is 32.1. The molecule has 2 nitrogen and oxygen atoms in total. The van der Waals surface area contributed by atoms with Gasteiger partial charge in [-0.25, -0.2) is 0 Å². The molecule has 3 unspecified atom stereocenters. The molecule has 0 aromatic carbocycles. The topological polar surface area (TPSA) is 35.2 Å². The van der Waals surface area contributed by atoms with Gasteiger partial charge >= 0.3 is 0 Å². The first-order valence-electron chi connectivity index (χ1n) is 6.12. The van der Waals surface area contributed by atoms with Crippen LogP contribution in [0.4, 0.5) is 0 Å². The van der Waals surface area contributed by atoms with Gasteiger partial charge in [-0.2, -0.15) is 0 Å². The van der Waals surface area contributed by atoms with E-state index in [1.54, 1.807) is 0 Å². The maximum Gasteiger partial charge on any atom is 0.107 e. The lowest BCUT2D eigenvalue weighted by Gasteiger charge is -2.31. The van der Waals surface area contributed by atoms with Gasteiger partial charge in [0.25, 0.3) is 0 Å². The van der Waals surface area contributed by atoms with Crippen molar-refractivity contribution in [2.75, 3.05) is 0 Å². The smallest absolute Gasteiger partial charge is 0.107 e. The zero-order valence-corrected chi connectivity index (χ0v) is 10.7. The van der Waals surface area contributed by atoms with Crippen LogP contribution in [0.15, 0.2) is 0 Å². The summed E-state index contributed by atoms with van der Waals surface area (Å²) in [6.45, 7) is 4.34. The molecule has 15 heavy (non-hydrogen) atoms. The summed E-state index contributed by atoms with van der Waals surface area (Å²) in [4.78, 5) is 0.510. The molecular weight excluding hydrogens is 206 g/mol. The van der Waals surface area contributed by atoms with Crippen LogP contribution in [0.2, 0.25) is 0 Å². The number of thiocarbonyl (C=S) groups is 1. The zero-order valence-electron chi connectivity index (χ0n) is 9.87. The molecule has 1 rings (SSSR count). The monoisotopic (exact) mass is 229 g/mol. The van der Waals surface area contributed by atoms with Gasteiger partial charge in [-0.05, 0) is 25.2 Å². The van der Waals surface area contributed by atoms with Crippen LogP contribution in [0.25, 0.3) is 0 Å². The second kappa shape index (κ2) is 6.44. The Kier molecular flexibility index (Phi) is 5.54. The molecule has 0 bridgehead atoms. The summed E-state index contributed by atoms with van der Waals surface area (Å²) in [5, 5.41) is 0. The molecule has 0 aliphatic heterocycles. The number of nitrogens with two attached hydrogens (primary N) is 1.